The third-order valence-electron chi connectivity index (χ3n) is 2.46. The van der Waals surface area contributed by atoms with E-state index in [1.165, 1.54) is 22.7 Å². The Kier molecular flexibility index (Phi) is 3.47. The molecule has 0 aliphatic heterocycles. The van der Waals surface area contributed by atoms with E-state index < -0.39 is 0 Å². The molecule has 7 nitrogen and oxygen atoms in total. The van der Waals surface area contributed by atoms with Crippen LogP contribution in [0.5, 0.6) is 0 Å². The van der Waals surface area contributed by atoms with E-state index in [0.29, 0.717) is 22.4 Å². The van der Waals surface area contributed by atoms with Crippen molar-refractivity contribution in [2.45, 2.75) is 13.5 Å². The van der Waals surface area contributed by atoms with E-state index in [1.54, 1.807) is 13.3 Å². The van der Waals surface area contributed by atoms with E-state index >= 15 is 0 Å². The molecule has 0 unspecified atom stereocenters. The van der Waals surface area contributed by atoms with Gasteiger partial charge in [-0.3, -0.25) is 14.5 Å². The number of aromatic nitrogens is 4. The molecule has 1 amide bonds. The Morgan fingerprint density at radius 3 is 3.00 bits per heavy atom. The lowest BCUT2D eigenvalue weighted by atomic mass is 10.4. The molecule has 0 atom stereocenters. The summed E-state index contributed by atoms with van der Waals surface area (Å²) >= 11 is 2.82. The molecule has 3 rings (SSSR count). The van der Waals surface area contributed by atoms with Crippen LogP contribution in [-0.2, 0) is 11.3 Å². The third-order valence-corrected chi connectivity index (χ3v) is 4.18. The minimum atomic E-state index is -0.293. The van der Waals surface area contributed by atoms with Gasteiger partial charge in [0.05, 0.1) is 0 Å². The number of hydrogen-bond acceptors (Lipinski definition) is 7. The van der Waals surface area contributed by atoms with Gasteiger partial charge in [-0.2, -0.15) is 0 Å². The maximum atomic E-state index is 12.1. The van der Waals surface area contributed by atoms with Crippen molar-refractivity contribution in [2.24, 2.45) is 0 Å². The number of fused-ring (bicyclic) bond motifs is 1. The summed E-state index contributed by atoms with van der Waals surface area (Å²) in [6.07, 6.45) is 3.64. The summed E-state index contributed by atoms with van der Waals surface area (Å²) in [5.74, 6) is -0.293. The molecule has 0 spiro atoms. The minimum absolute atomic E-state index is 0.293. The highest BCUT2D eigenvalue weighted by Crippen LogP contribution is 2.19. The van der Waals surface area contributed by atoms with Gasteiger partial charge in [-0.1, -0.05) is 11.3 Å². The first-order valence-electron chi connectivity index (χ1n) is 5.73. The lowest BCUT2D eigenvalue weighted by molar-refractivity contribution is 0.102. The standard InChI is InChI=1S/C11H11N5O2S2/c1-6-3-16-4-7(12-11(16)19-6)9(17)13-10-15-14-8(20-10)5-18-2/h3-4H,5H2,1-2H3,(H,13,15,17). The van der Waals surface area contributed by atoms with Crippen molar-refractivity contribution in [1.82, 2.24) is 19.6 Å². The van der Waals surface area contributed by atoms with Crippen molar-refractivity contribution in [3.8, 4) is 0 Å². The fourth-order valence-electron chi connectivity index (χ4n) is 1.67. The SMILES string of the molecule is COCc1nnc(NC(=O)c2cn3cc(C)sc3n2)s1. The number of hydrogen-bond donors (Lipinski definition) is 1. The zero-order valence-corrected chi connectivity index (χ0v) is 12.4. The maximum absolute atomic E-state index is 12.1. The molecule has 0 aliphatic carbocycles. The van der Waals surface area contributed by atoms with Crippen LogP contribution in [0.15, 0.2) is 12.4 Å². The van der Waals surface area contributed by atoms with Crippen molar-refractivity contribution >= 4 is 38.7 Å². The van der Waals surface area contributed by atoms with Gasteiger partial charge < -0.3 is 4.74 Å². The van der Waals surface area contributed by atoms with Crippen LogP contribution in [0.3, 0.4) is 0 Å². The predicted molar refractivity (Wildman–Crippen MR) is 76.4 cm³/mol. The number of aryl methyl sites for hydroxylation is 1. The van der Waals surface area contributed by atoms with Crippen molar-refractivity contribution in [3.05, 3.63) is 28.0 Å². The number of carbonyl (C=O) groups excluding carboxylic acids is 1. The molecule has 20 heavy (non-hydrogen) atoms. The zero-order chi connectivity index (χ0) is 14.1. The first-order chi connectivity index (χ1) is 9.65. The molecule has 0 saturated heterocycles. The second kappa shape index (κ2) is 5.27. The summed E-state index contributed by atoms with van der Waals surface area (Å²) in [7, 11) is 1.58. The largest absolute Gasteiger partial charge is 0.377 e. The summed E-state index contributed by atoms with van der Waals surface area (Å²) in [6.45, 7) is 2.38. The van der Waals surface area contributed by atoms with Gasteiger partial charge in [0.1, 0.15) is 17.3 Å². The van der Waals surface area contributed by atoms with Gasteiger partial charge in [0.2, 0.25) is 5.13 Å². The number of ether oxygens (including phenoxy) is 1. The predicted octanol–water partition coefficient (Wildman–Crippen LogP) is 1.95. The number of anilines is 1. The summed E-state index contributed by atoms with van der Waals surface area (Å²) < 4.78 is 6.79. The average molecular weight is 309 g/mol. The summed E-state index contributed by atoms with van der Waals surface area (Å²) in [4.78, 5) is 18.3. The Balaban J connectivity index is 1.75. The molecular formula is C11H11N5O2S2. The van der Waals surface area contributed by atoms with Crippen molar-refractivity contribution in [3.63, 3.8) is 0 Å². The first kappa shape index (κ1) is 13.2. The summed E-state index contributed by atoms with van der Waals surface area (Å²) in [6, 6.07) is 0. The molecule has 104 valence electrons. The number of carbonyl (C=O) groups is 1. The van der Waals surface area contributed by atoms with Crippen molar-refractivity contribution in [2.75, 3.05) is 12.4 Å². The highest BCUT2D eigenvalue weighted by Gasteiger charge is 2.14. The van der Waals surface area contributed by atoms with Crippen LogP contribution in [0.1, 0.15) is 20.4 Å². The van der Waals surface area contributed by atoms with E-state index in [4.69, 9.17) is 4.74 Å². The number of rotatable bonds is 4. The molecule has 0 fully saturated rings. The highest BCUT2D eigenvalue weighted by atomic mass is 32.1. The van der Waals surface area contributed by atoms with E-state index in [0.717, 1.165) is 9.84 Å². The van der Waals surface area contributed by atoms with Gasteiger partial charge in [-0.05, 0) is 6.92 Å². The Labute approximate surface area is 122 Å². The van der Waals surface area contributed by atoms with E-state index in [2.05, 4.69) is 20.5 Å². The number of nitrogens with zero attached hydrogens (tertiary/aromatic N) is 4. The first-order valence-corrected chi connectivity index (χ1v) is 7.37. The lowest BCUT2D eigenvalue weighted by Gasteiger charge is -1.95. The number of imidazole rings is 1. The topological polar surface area (TPSA) is 81.4 Å². The molecule has 0 saturated carbocycles. The van der Waals surface area contributed by atoms with Crippen LogP contribution in [0, 0.1) is 6.92 Å². The normalized spacial score (nSPS) is 11.1. The van der Waals surface area contributed by atoms with E-state index in [9.17, 15) is 4.79 Å². The van der Waals surface area contributed by atoms with Gasteiger partial charge in [0.15, 0.2) is 4.96 Å². The fourth-order valence-corrected chi connectivity index (χ4v) is 3.18. The lowest BCUT2D eigenvalue weighted by Crippen LogP contribution is -2.12. The molecule has 3 aromatic rings. The molecule has 9 heteroatoms. The van der Waals surface area contributed by atoms with Crippen LogP contribution < -0.4 is 5.32 Å². The minimum Gasteiger partial charge on any atom is -0.377 e. The van der Waals surface area contributed by atoms with E-state index in [-0.39, 0.29) is 5.91 Å². The number of thiazole rings is 1. The smallest absolute Gasteiger partial charge is 0.277 e. The molecule has 0 radical (unpaired) electrons. The zero-order valence-electron chi connectivity index (χ0n) is 10.8. The third kappa shape index (κ3) is 2.55. The molecule has 0 aromatic carbocycles. The van der Waals surface area contributed by atoms with Crippen LogP contribution in [-0.4, -0.2) is 32.6 Å². The second-order valence-corrected chi connectivity index (χ2v) is 6.32. The highest BCUT2D eigenvalue weighted by molar-refractivity contribution is 7.17. The summed E-state index contributed by atoms with van der Waals surface area (Å²) in [5, 5.41) is 11.6. The number of amides is 1. The molecule has 0 aliphatic rings. The van der Waals surface area contributed by atoms with Crippen LogP contribution in [0.4, 0.5) is 5.13 Å². The Bertz CT molecular complexity index is 728. The molecule has 3 aromatic heterocycles. The monoisotopic (exact) mass is 309 g/mol. The Hall–Kier alpha value is -1.84. The molecule has 0 bridgehead atoms. The van der Waals surface area contributed by atoms with Crippen LogP contribution >= 0.6 is 22.7 Å². The summed E-state index contributed by atoms with van der Waals surface area (Å²) in [5.41, 5.74) is 0.361. The second-order valence-electron chi connectivity index (χ2n) is 4.05. The number of nitrogens with one attached hydrogen (secondary N) is 1. The van der Waals surface area contributed by atoms with Crippen molar-refractivity contribution < 1.29 is 9.53 Å². The van der Waals surface area contributed by atoms with Gasteiger partial charge >= 0.3 is 0 Å². The van der Waals surface area contributed by atoms with Crippen LogP contribution in [0.2, 0.25) is 0 Å². The Morgan fingerprint density at radius 2 is 2.25 bits per heavy atom. The quantitative estimate of drug-likeness (QED) is 0.796. The van der Waals surface area contributed by atoms with Gasteiger partial charge in [0.25, 0.3) is 5.91 Å². The maximum Gasteiger partial charge on any atom is 0.277 e. The molecule has 3 heterocycles. The van der Waals surface area contributed by atoms with E-state index in [1.807, 2.05) is 17.5 Å². The van der Waals surface area contributed by atoms with Gasteiger partial charge in [-0.25, -0.2) is 4.98 Å². The van der Waals surface area contributed by atoms with Gasteiger partial charge in [-0.15, -0.1) is 21.5 Å². The average Bonchev–Trinajstić information content (AvgIpc) is 3.04. The van der Waals surface area contributed by atoms with Gasteiger partial charge in [0, 0.05) is 24.4 Å². The fraction of sp³-hybridized carbons (Fsp3) is 0.273. The Morgan fingerprint density at radius 1 is 1.40 bits per heavy atom. The molecular weight excluding hydrogens is 298 g/mol. The van der Waals surface area contributed by atoms with Crippen molar-refractivity contribution in [1.29, 1.82) is 0 Å². The molecule has 1 N–H and O–H groups in total. The van der Waals surface area contributed by atoms with Crippen LogP contribution in [0.25, 0.3) is 4.96 Å². The number of methoxy groups -OCH3 is 1.